The Bertz CT molecular complexity index is 388. The number of rotatable bonds is 4. The number of hydrogen-bond acceptors (Lipinski definition) is 4. The van der Waals surface area contributed by atoms with Crippen LogP contribution in [0.3, 0.4) is 0 Å². The number of amides is 1. The van der Waals surface area contributed by atoms with Crippen molar-refractivity contribution in [3.63, 3.8) is 0 Å². The van der Waals surface area contributed by atoms with E-state index in [2.05, 4.69) is 16.5 Å². The molecule has 2 aliphatic rings. The molecular weight excluding hydrogens is 244 g/mol. The lowest BCUT2D eigenvalue weighted by Crippen LogP contribution is -2.26. The molecule has 0 fully saturated rings. The number of hydrogen-bond donors (Lipinski definition) is 2. The van der Waals surface area contributed by atoms with Gasteiger partial charge in [0.2, 0.25) is 0 Å². The van der Waals surface area contributed by atoms with Gasteiger partial charge in [-0.25, -0.2) is 0 Å². The Morgan fingerprint density at radius 2 is 2.44 bits per heavy atom. The second-order valence-electron chi connectivity index (χ2n) is 2.97. The Kier molecular flexibility index (Phi) is 4.64. The second kappa shape index (κ2) is 5.56. The quantitative estimate of drug-likeness (QED) is 0.350. The van der Waals surface area contributed by atoms with E-state index in [9.17, 15) is 4.79 Å². The van der Waals surface area contributed by atoms with E-state index in [4.69, 9.17) is 4.74 Å². The summed E-state index contributed by atoms with van der Waals surface area (Å²) < 4.78 is 5.15. The van der Waals surface area contributed by atoms with Gasteiger partial charge < -0.3 is 15.4 Å². The molecule has 1 atom stereocenters. The third-order valence-electron chi connectivity index (χ3n) is 1.94. The number of ether oxygens (including phenoxy) is 1. The Balaban J connectivity index is 0.00000128. The lowest BCUT2D eigenvalue weighted by atomic mass is 10.4. The van der Waals surface area contributed by atoms with Gasteiger partial charge in [-0.15, -0.1) is 9.52 Å². The molecule has 0 radical (unpaired) electrons. The number of fused-ring (bicyclic) bond motifs is 1. The van der Waals surface area contributed by atoms with Gasteiger partial charge in [-0.05, 0) is 6.92 Å². The van der Waals surface area contributed by atoms with Crippen LogP contribution in [0.5, 0.6) is 0 Å². The van der Waals surface area contributed by atoms with E-state index in [0.29, 0.717) is 19.0 Å². The average molecular weight is 260 g/mol. The van der Waals surface area contributed by atoms with E-state index >= 15 is 0 Å². The van der Waals surface area contributed by atoms with E-state index in [0.717, 1.165) is 10.6 Å². The predicted octanol–water partition coefficient (Wildman–Crippen LogP) is 1.75. The maximum absolute atomic E-state index is 11.5. The number of carbonyl (C=O) groups is 1. The Morgan fingerprint density at radius 3 is 3.12 bits per heavy atom. The van der Waals surface area contributed by atoms with Gasteiger partial charge in [0.05, 0.1) is 10.6 Å². The first-order chi connectivity index (χ1) is 7.22. The molecule has 0 aliphatic carbocycles. The molecule has 16 heavy (non-hydrogen) atoms. The summed E-state index contributed by atoms with van der Waals surface area (Å²) in [5, 5.41) is 7.76. The molecule has 0 aromatic carbocycles. The first kappa shape index (κ1) is 13.3. The van der Waals surface area contributed by atoms with Crippen LogP contribution in [-0.2, 0) is 9.53 Å². The van der Waals surface area contributed by atoms with Crippen LogP contribution in [0, 0.1) is 0 Å². The van der Waals surface area contributed by atoms with Crippen LogP contribution in [0.25, 0.3) is 0 Å². The monoisotopic (exact) mass is 260 g/mol. The highest BCUT2D eigenvalue weighted by molar-refractivity contribution is 8.86. The molecule has 90 valence electrons. The molecule has 1 amide bonds. The average Bonchev–Trinajstić information content (AvgIpc) is 2.65. The summed E-state index contributed by atoms with van der Waals surface area (Å²) in [4.78, 5) is 12.5. The summed E-state index contributed by atoms with van der Waals surface area (Å²) in [7, 11) is 1.53. The van der Waals surface area contributed by atoms with Gasteiger partial charge in [-0.2, -0.15) is 0 Å². The van der Waals surface area contributed by atoms with Crippen molar-refractivity contribution in [3.05, 3.63) is 21.7 Å². The summed E-state index contributed by atoms with van der Waals surface area (Å²) in [6, 6.07) is 0. The minimum Gasteiger partial charge on any atom is -0.362 e. The van der Waals surface area contributed by atoms with Crippen LogP contribution in [0.2, 0.25) is 0 Å². The Morgan fingerprint density at radius 1 is 1.69 bits per heavy atom. The maximum Gasteiger partial charge on any atom is 0.273 e. The fourth-order valence-corrected chi connectivity index (χ4v) is 4.12. The van der Waals surface area contributed by atoms with Crippen molar-refractivity contribution in [2.45, 2.75) is 14.4 Å². The van der Waals surface area contributed by atoms with E-state index < -0.39 is 0 Å². The topological polar surface area (TPSA) is 50.4 Å². The first-order valence-corrected chi connectivity index (χ1v) is 7.32. The number of nitrogens with one attached hydrogen (secondary N) is 2. The summed E-state index contributed by atoms with van der Waals surface area (Å²) in [5.74, 6) is 3.86. The van der Waals surface area contributed by atoms with Gasteiger partial charge in [0.15, 0.2) is 0 Å². The molecule has 2 aliphatic heterocycles. The molecule has 2 N–H and O–H groups in total. The predicted molar refractivity (Wildman–Crippen MR) is 71.9 cm³/mol. The van der Waals surface area contributed by atoms with E-state index in [1.165, 1.54) is 0 Å². The van der Waals surface area contributed by atoms with E-state index in [-0.39, 0.29) is 22.8 Å². The molecule has 0 saturated carbocycles. The highest BCUT2D eigenvalue weighted by Gasteiger charge is 2.31. The van der Waals surface area contributed by atoms with Gasteiger partial charge in [0, 0.05) is 12.0 Å². The smallest absolute Gasteiger partial charge is 0.273 e. The summed E-state index contributed by atoms with van der Waals surface area (Å²) in [5.41, 5.74) is 1.50. The minimum absolute atomic E-state index is 0. The van der Waals surface area contributed by atoms with E-state index in [1.807, 2.05) is 12.3 Å². The van der Waals surface area contributed by atoms with Gasteiger partial charge in [0.25, 0.3) is 5.91 Å². The summed E-state index contributed by atoms with van der Waals surface area (Å²) in [6.45, 7) is 2.91. The number of carbonyl (C=O) groups excluding carboxylic acids is 1. The molecule has 6 heteroatoms. The van der Waals surface area contributed by atoms with Crippen LogP contribution >= 0.6 is 20.3 Å². The molecule has 2 heterocycles. The summed E-state index contributed by atoms with van der Waals surface area (Å²) >= 11 is 0. The van der Waals surface area contributed by atoms with Gasteiger partial charge >= 0.3 is 0 Å². The van der Waals surface area contributed by atoms with Crippen molar-refractivity contribution < 1.29 is 9.53 Å². The van der Waals surface area contributed by atoms with Crippen LogP contribution < -0.4 is 10.6 Å². The van der Waals surface area contributed by atoms with Crippen molar-refractivity contribution in [2.75, 3.05) is 13.3 Å². The lowest BCUT2D eigenvalue weighted by Gasteiger charge is -2.06. The van der Waals surface area contributed by atoms with Gasteiger partial charge in [0.1, 0.15) is 12.4 Å². The van der Waals surface area contributed by atoms with Crippen molar-refractivity contribution in [3.8, 4) is 0 Å². The molecule has 1 unspecified atom stereocenters. The normalized spacial score (nSPS) is 22.4. The molecular formula is C10H16N2O2S2. The lowest BCUT2D eigenvalue weighted by molar-refractivity contribution is -0.116. The zero-order valence-corrected chi connectivity index (χ0v) is 9.96. The molecule has 0 bridgehead atoms. The fraction of sp³-hybridized carbons (Fsp3) is 0.400. The molecule has 0 aromatic rings. The van der Waals surface area contributed by atoms with Crippen LogP contribution in [-0.4, -0.2) is 25.1 Å². The zero-order valence-electron chi connectivity index (χ0n) is 8.33. The third-order valence-corrected chi connectivity index (χ3v) is 4.68. The molecule has 0 saturated heterocycles. The fourth-order valence-electron chi connectivity index (χ4n) is 1.30. The van der Waals surface area contributed by atoms with Gasteiger partial charge in [-0.3, -0.25) is 4.79 Å². The SMILES string of the molecule is C.C=S1C=C2NC(=O)C(NCOCC)=C2S1. The van der Waals surface area contributed by atoms with Crippen molar-refractivity contribution >= 4 is 32.1 Å². The molecule has 0 aromatic heterocycles. The van der Waals surface area contributed by atoms with E-state index in [1.54, 1.807) is 10.8 Å². The molecule has 4 nitrogen and oxygen atoms in total. The Labute approximate surface area is 102 Å². The molecule has 2 rings (SSSR count). The van der Waals surface area contributed by atoms with Crippen LogP contribution in [0.15, 0.2) is 21.7 Å². The highest BCUT2D eigenvalue weighted by atomic mass is 33.1. The van der Waals surface area contributed by atoms with Gasteiger partial charge in [-0.1, -0.05) is 24.1 Å². The largest absolute Gasteiger partial charge is 0.362 e. The van der Waals surface area contributed by atoms with Crippen molar-refractivity contribution in [2.24, 2.45) is 0 Å². The standard InChI is InChI=1S/C9H12N2O2S2.CH4/c1-3-13-5-10-7-8-6(11-9(7)12)4-15(2)14-8;/h4,10H,2-3,5H2,1H3,(H,11,12);1H4. The van der Waals surface area contributed by atoms with Crippen LogP contribution in [0.4, 0.5) is 0 Å². The van der Waals surface area contributed by atoms with Crippen molar-refractivity contribution in [1.82, 2.24) is 10.6 Å². The summed E-state index contributed by atoms with van der Waals surface area (Å²) in [6.07, 6.45) is 0. The third kappa shape index (κ3) is 2.50. The minimum atomic E-state index is -0.0832. The maximum atomic E-state index is 11.5. The van der Waals surface area contributed by atoms with Crippen molar-refractivity contribution in [1.29, 1.82) is 0 Å². The highest BCUT2D eigenvalue weighted by Crippen LogP contribution is 2.50. The van der Waals surface area contributed by atoms with Crippen LogP contribution in [0.1, 0.15) is 14.4 Å². The first-order valence-electron chi connectivity index (χ1n) is 4.53. The zero-order chi connectivity index (χ0) is 10.8. The molecule has 0 spiro atoms. The Hall–Kier alpha value is -0.720. The second-order valence-corrected chi connectivity index (χ2v) is 6.32.